The zero-order valence-electron chi connectivity index (χ0n) is 8.92. The summed E-state index contributed by atoms with van der Waals surface area (Å²) in [4.78, 5) is 11.3. The van der Waals surface area contributed by atoms with Crippen LogP contribution in [-0.2, 0) is 0 Å². The molecule has 17 heavy (non-hydrogen) atoms. The zero-order chi connectivity index (χ0) is 12.0. The lowest BCUT2D eigenvalue weighted by atomic mass is 10.1. The highest BCUT2D eigenvalue weighted by Crippen LogP contribution is 2.29. The Balaban J connectivity index is 2.62. The molecular formula is C13H10N2O2. The summed E-state index contributed by atoms with van der Waals surface area (Å²) in [5, 5.41) is 11.0. The first-order valence-corrected chi connectivity index (χ1v) is 5.20. The van der Waals surface area contributed by atoms with E-state index in [2.05, 4.69) is 0 Å². The summed E-state index contributed by atoms with van der Waals surface area (Å²) in [5.41, 5.74) is 7.72. The van der Waals surface area contributed by atoms with E-state index in [9.17, 15) is 9.90 Å². The molecule has 1 aromatic heterocycles. The van der Waals surface area contributed by atoms with Crippen molar-refractivity contribution in [1.82, 2.24) is 4.57 Å². The van der Waals surface area contributed by atoms with Crippen LogP contribution in [0, 0.1) is 0 Å². The molecule has 0 radical (unpaired) electrons. The molecule has 0 aliphatic rings. The first-order chi connectivity index (χ1) is 8.18. The van der Waals surface area contributed by atoms with Gasteiger partial charge in [-0.3, -0.25) is 0 Å². The van der Waals surface area contributed by atoms with Gasteiger partial charge in [0.15, 0.2) is 0 Å². The summed E-state index contributed by atoms with van der Waals surface area (Å²) in [7, 11) is 0. The topological polar surface area (TPSA) is 68.2 Å². The summed E-state index contributed by atoms with van der Waals surface area (Å²) in [6, 6.07) is 12.6. The number of hydrogen-bond acceptors (Lipinski definition) is 2. The number of hydrogen-bond donors (Lipinski definition) is 2. The number of nitrogens with two attached hydrogens (primary N) is 1. The zero-order valence-corrected chi connectivity index (χ0v) is 8.92. The minimum absolute atomic E-state index is 0.630. The van der Waals surface area contributed by atoms with Gasteiger partial charge >= 0.3 is 6.09 Å². The number of benzene rings is 2. The third kappa shape index (κ3) is 1.27. The maximum Gasteiger partial charge on any atom is 0.416 e. The van der Waals surface area contributed by atoms with Crippen LogP contribution in [0.25, 0.3) is 21.8 Å². The molecule has 1 heterocycles. The van der Waals surface area contributed by atoms with Gasteiger partial charge in [0, 0.05) is 16.5 Å². The number of fused-ring (bicyclic) bond motifs is 3. The molecule has 0 spiro atoms. The highest BCUT2D eigenvalue weighted by Gasteiger charge is 2.14. The number of carboxylic acid groups (broad SMARTS) is 1. The highest BCUT2D eigenvalue weighted by molar-refractivity contribution is 6.12. The number of nitrogens with zero attached hydrogens (tertiary/aromatic N) is 1. The van der Waals surface area contributed by atoms with Crippen LogP contribution in [0.4, 0.5) is 10.5 Å². The normalized spacial score (nSPS) is 11.1. The van der Waals surface area contributed by atoms with Gasteiger partial charge in [-0.25, -0.2) is 9.36 Å². The van der Waals surface area contributed by atoms with Gasteiger partial charge in [0.05, 0.1) is 11.0 Å². The predicted molar refractivity (Wildman–Crippen MR) is 67.3 cm³/mol. The van der Waals surface area contributed by atoms with E-state index in [0.29, 0.717) is 16.7 Å². The molecule has 0 aliphatic carbocycles. The summed E-state index contributed by atoms with van der Waals surface area (Å²) < 4.78 is 1.28. The van der Waals surface area contributed by atoms with Crippen molar-refractivity contribution in [2.75, 3.05) is 5.73 Å². The van der Waals surface area contributed by atoms with Gasteiger partial charge in [0.2, 0.25) is 0 Å². The van der Waals surface area contributed by atoms with Crippen LogP contribution in [-0.4, -0.2) is 15.8 Å². The Morgan fingerprint density at radius 3 is 2.53 bits per heavy atom. The molecular weight excluding hydrogens is 216 g/mol. The van der Waals surface area contributed by atoms with Crippen molar-refractivity contribution in [3.8, 4) is 0 Å². The van der Waals surface area contributed by atoms with E-state index in [1.165, 1.54) is 4.57 Å². The Morgan fingerprint density at radius 1 is 1.06 bits per heavy atom. The monoisotopic (exact) mass is 226 g/mol. The number of nitrogen functional groups attached to an aromatic ring is 1. The SMILES string of the molecule is Nc1ccc2c(c1)c1ccccc1n2C(=O)O. The second-order valence-electron chi connectivity index (χ2n) is 3.91. The standard InChI is InChI=1S/C13H10N2O2/c14-8-5-6-12-10(7-8)9-3-1-2-4-11(9)15(12)13(16)17/h1-7H,14H2,(H,16,17). The highest BCUT2D eigenvalue weighted by atomic mass is 16.4. The van der Waals surface area contributed by atoms with Gasteiger partial charge in [0.25, 0.3) is 0 Å². The fraction of sp³-hybridized carbons (Fsp3) is 0. The van der Waals surface area contributed by atoms with Gasteiger partial charge in [-0.1, -0.05) is 18.2 Å². The Hall–Kier alpha value is -2.49. The van der Waals surface area contributed by atoms with Crippen LogP contribution in [0.15, 0.2) is 42.5 Å². The lowest BCUT2D eigenvalue weighted by Crippen LogP contribution is -2.06. The molecule has 4 heteroatoms. The van der Waals surface area contributed by atoms with Crippen molar-refractivity contribution in [3.05, 3.63) is 42.5 Å². The molecule has 0 atom stereocenters. The van der Waals surface area contributed by atoms with E-state index in [-0.39, 0.29) is 0 Å². The molecule has 0 saturated carbocycles. The Bertz CT molecular complexity index is 744. The Morgan fingerprint density at radius 2 is 1.76 bits per heavy atom. The maximum absolute atomic E-state index is 11.3. The average Bonchev–Trinajstić information content (AvgIpc) is 2.63. The van der Waals surface area contributed by atoms with Crippen LogP contribution >= 0.6 is 0 Å². The molecule has 4 nitrogen and oxygen atoms in total. The third-order valence-corrected chi connectivity index (χ3v) is 2.89. The smallest absolute Gasteiger partial charge is 0.416 e. The number of anilines is 1. The predicted octanol–water partition coefficient (Wildman–Crippen LogP) is 2.90. The molecule has 0 unspecified atom stereocenters. The van der Waals surface area contributed by atoms with Crippen LogP contribution in [0.5, 0.6) is 0 Å². The first kappa shape index (κ1) is 9.72. The molecule has 0 bridgehead atoms. The van der Waals surface area contributed by atoms with Gasteiger partial charge in [-0.15, -0.1) is 0 Å². The number of aromatic nitrogens is 1. The minimum atomic E-state index is -0.985. The summed E-state index contributed by atoms with van der Waals surface area (Å²) in [6.45, 7) is 0. The summed E-state index contributed by atoms with van der Waals surface area (Å²) in [5.74, 6) is 0. The lowest BCUT2D eigenvalue weighted by molar-refractivity contribution is 0.198. The number of rotatable bonds is 0. The van der Waals surface area contributed by atoms with Crippen molar-refractivity contribution in [2.45, 2.75) is 0 Å². The van der Waals surface area contributed by atoms with E-state index >= 15 is 0 Å². The molecule has 0 amide bonds. The largest absolute Gasteiger partial charge is 0.464 e. The fourth-order valence-electron chi connectivity index (χ4n) is 2.20. The first-order valence-electron chi connectivity index (χ1n) is 5.20. The van der Waals surface area contributed by atoms with E-state index in [1.54, 1.807) is 24.3 Å². The third-order valence-electron chi connectivity index (χ3n) is 2.89. The second kappa shape index (κ2) is 3.25. The summed E-state index contributed by atoms with van der Waals surface area (Å²) >= 11 is 0. The number of para-hydroxylation sites is 1. The van der Waals surface area contributed by atoms with Crippen LogP contribution < -0.4 is 5.73 Å². The number of carbonyl (C=O) groups is 1. The quantitative estimate of drug-likeness (QED) is 0.579. The van der Waals surface area contributed by atoms with Crippen molar-refractivity contribution in [3.63, 3.8) is 0 Å². The van der Waals surface area contributed by atoms with E-state index in [1.807, 2.05) is 18.2 Å². The maximum atomic E-state index is 11.3. The van der Waals surface area contributed by atoms with E-state index in [4.69, 9.17) is 5.73 Å². The van der Waals surface area contributed by atoms with Crippen LogP contribution in [0.3, 0.4) is 0 Å². The Labute approximate surface area is 96.9 Å². The van der Waals surface area contributed by atoms with Crippen molar-refractivity contribution >= 4 is 33.6 Å². The molecule has 3 N–H and O–H groups in total. The Kier molecular flexibility index (Phi) is 1.86. The molecule has 3 aromatic rings. The van der Waals surface area contributed by atoms with E-state index < -0.39 is 6.09 Å². The molecule has 0 fully saturated rings. The summed E-state index contributed by atoms with van der Waals surface area (Å²) in [6.07, 6.45) is -0.985. The van der Waals surface area contributed by atoms with Gasteiger partial charge < -0.3 is 10.8 Å². The van der Waals surface area contributed by atoms with Gasteiger partial charge in [0.1, 0.15) is 0 Å². The molecule has 84 valence electrons. The average molecular weight is 226 g/mol. The lowest BCUT2D eigenvalue weighted by Gasteiger charge is -1.99. The molecule has 0 saturated heterocycles. The molecule has 3 rings (SSSR count). The van der Waals surface area contributed by atoms with E-state index in [0.717, 1.165) is 10.8 Å². The molecule has 0 aliphatic heterocycles. The fourth-order valence-corrected chi connectivity index (χ4v) is 2.20. The second-order valence-corrected chi connectivity index (χ2v) is 3.91. The van der Waals surface area contributed by atoms with Gasteiger partial charge in [-0.05, 0) is 24.3 Å². The van der Waals surface area contributed by atoms with Crippen LogP contribution in [0.2, 0.25) is 0 Å². The van der Waals surface area contributed by atoms with Crippen molar-refractivity contribution in [1.29, 1.82) is 0 Å². The molecule has 2 aromatic carbocycles. The van der Waals surface area contributed by atoms with Crippen molar-refractivity contribution in [2.24, 2.45) is 0 Å². The van der Waals surface area contributed by atoms with Crippen molar-refractivity contribution < 1.29 is 9.90 Å². The van der Waals surface area contributed by atoms with Crippen LogP contribution in [0.1, 0.15) is 0 Å². The minimum Gasteiger partial charge on any atom is -0.464 e. The van der Waals surface area contributed by atoms with Gasteiger partial charge in [-0.2, -0.15) is 0 Å².